The van der Waals surface area contributed by atoms with Gasteiger partial charge in [-0.15, -0.1) is 0 Å². The molecule has 19 heavy (non-hydrogen) atoms. The van der Waals surface area contributed by atoms with E-state index in [0.29, 0.717) is 18.4 Å². The van der Waals surface area contributed by atoms with Crippen LogP contribution in [-0.4, -0.2) is 30.7 Å². The highest BCUT2D eigenvalue weighted by molar-refractivity contribution is 5.56. The van der Waals surface area contributed by atoms with Gasteiger partial charge in [0, 0.05) is 30.4 Å². The molecule has 0 aliphatic carbocycles. The van der Waals surface area contributed by atoms with Crippen LogP contribution < -0.4 is 15.4 Å². The maximum atomic E-state index is 10.9. The number of nitrogens with zero attached hydrogens (tertiary/aromatic N) is 1. The smallest absolute Gasteiger partial charge is 0.275 e. The van der Waals surface area contributed by atoms with Gasteiger partial charge >= 0.3 is 0 Å². The summed E-state index contributed by atoms with van der Waals surface area (Å²) in [5.74, 6) is 0.526. The van der Waals surface area contributed by atoms with Crippen LogP contribution in [0.4, 0.5) is 11.4 Å². The van der Waals surface area contributed by atoms with E-state index in [9.17, 15) is 10.1 Å². The van der Waals surface area contributed by atoms with Crippen molar-refractivity contribution in [1.82, 2.24) is 5.32 Å². The predicted octanol–water partition coefficient (Wildman–Crippen LogP) is 2.16. The molecule has 1 heterocycles. The van der Waals surface area contributed by atoms with Crippen LogP contribution in [0.25, 0.3) is 0 Å². The lowest BCUT2D eigenvalue weighted by Gasteiger charge is -2.13. The van der Waals surface area contributed by atoms with Gasteiger partial charge in [-0.3, -0.25) is 10.1 Å². The summed E-state index contributed by atoms with van der Waals surface area (Å²) in [6.07, 6.45) is 2.33. The fraction of sp³-hybridized carbons (Fsp3) is 0.538. The van der Waals surface area contributed by atoms with E-state index in [1.165, 1.54) is 18.6 Å². The number of non-ortho nitro benzene ring substituents is 1. The molecule has 6 nitrogen and oxygen atoms in total. The van der Waals surface area contributed by atoms with Crippen molar-refractivity contribution < 1.29 is 9.66 Å². The highest BCUT2D eigenvalue weighted by Gasteiger charge is 2.15. The first-order chi connectivity index (χ1) is 9.19. The highest BCUT2D eigenvalue weighted by Crippen LogP contribution is 2.26. The second-order valence-electron chi connectivity index (χ2n) is 4.58. The highest BCUT2D eigenvalue weighted by atomic mass is 16.6. The van der Waals surface area contributed by atoms with Crippen molar-refractivity contribution in [2.24, 2.45) is 0 Å². The van der Waals surface area contributed by atoms with E-state index in [-0.39, 0.29) is 5.69 Å². The fourth-order valence-electron chi connectivity index (χ4n) is 2.21. The van der Waals surface area contributed by atoms with Crippen LogP contribution in [0.1, 0.15) is 19.8 Å². The van der Waals surface area contributed by atoms with Crippen LogP contribution in [0.5, 0.6) is 5.75 Å². The minimum atomic E-state index is -0.401. The molecule has 104 valence electrons. The Bertz CT molecular complexity index is 445. The lowest BCUT2D eigenvalue weighted by Crippen LogP contribution is -2.29. The zero-order valence-corrected chi connectivity index (χ0v) is 11.0. The quantitative estimate of drug-likeness (QED) is 0.609. The standard InChI is InChI=1S/C13H19N3O3/c1-2-19-13-7-11(6-12(8-13)16(17)18)15-9-10-4-3-5-14-10/h6-8,10,14-15H,2-5,9H2,1H3. The molecule has 0 saturated carbocycles. The van der Waals surface area contributed by atoms with Crippen molar-refractivity contribution in [1.29, 1.82) is 0 Å². The number of ether oxygens (including phenoxy) is 1. The molecule has 1 aliphatic heterocycles. The van der Waals surface area contributed by atoms with Gasteiger partial charge in [-0.2, -0.15) is 0 Å². The molecule has 1 aliphatic rings. The average Bonchev–Trinajstić information content (AvgIpc) is 2.89. The van der Waals surface area contributed by atoms with Gasteiger partial charge in [0.2, 0.25) is 0 Å². The predicted molar refractivity (Wildman–Crippen MR) is 73.8 cm³/mol. The summed E-state index contributed by atoms with van der Waals surface area (Å²) in [7, 11) is 0. The van der Waals surface area contributed by atoms with E-state index in [4.69, 9.17) is 4.74 Å². The van der Waals surface area contributed by atoms with Gasteiger partial charge < -0.3 is 15.4 Å². The molecule has 0 aromatic heterocycles. The van der Waals surface area contributed by atoms with E-state index in [2.05, 4.69) is 10.6 Å². The van der Waals surface area contributed by atoms with Gasteiger partial charge in [-0.25, -0.2) is 0 Å². The Morgan fingerprint density at radius 1 is 1.53 bits per heavy atom. The molecular formula is C13H19N3O3. The summed E-state index contributed by atoms with van der Waals surface area (Å²) in [5.41, 5.74) is 0.777. The maximum Gasteiger partial charge on any atom is 0.275 e. The normalized spacial score (nSPS) is 18.3. The first-order valence-electron chi connectivity index (χ1n) is 6.58. The molecule has 0 amide bonds. The molecule has 2 N–H and O–H groups in total. The van der Waals surface area contributed by atoms with E-state index in [0.717, 1.165) is 25.2 Å². The molecule has 1 saturated heterocycles. The van der Waals surface area contributed by atoms with Crippen molar-refractivity contribution in [2.45, 2.75) is 25.8 Å². The molecule has 6 heteroatoms. The summed E-state index contributed by atoms with van der Waals surface area (Å²) in [5, 5.41) is 17.5. The van der Waals surface area contributed by atoms with E-state index in [1.807, 2.05) is 6.92 Å². The van der Waals surface area contributed by atoms with Crippen molar-refractivity contribution in [3.05, 3.63) is 28.3 Å². The molecule has 0 bridgehead atoms. The molecule has 1 aromatic rings. The van der Waals surface area contributed by atoms with Gasteiger partial charge in [-0.1, -0.05) is 0 Å². The summed E-state index contributed by atoms with van der Waals surface area (Å²) >= 11 is 0. The number of nitro benzene ring substituents is 1. The van der Waals surface area contributed by atoms with Crippen molar-refractivity contribution >= 4 is 11.4 Å². The Kier molecular flexibility index (Phi) is 4.57. The molecular weight excluding hydrogens is 246 g/mol. The lowest BCUT2D eigenvalue weighted by atomic mass is 10.2. The Balaban J connectivity index is 2.06. The molecule has 1 unspecified atom stereocenters. The van der Waals surface area contributed by atoms with Crippen LogP contribution in [0.2, 0.25) is 0 Å². The Morgan fingerprint density at radius 2 is 2.37 bits per heavy atom. The number of hydrogen-bond donors (Lipinski definition) is 2. The van der Waals surface area contributed by atoms with Crippen molar-refractivity contribution in [3.63, 3.8) is 0 Å². The van der Waals surface area contributed by atoms with Crippen LogP contribution in [-0.2, 0) is 0 Å². The zero-order chi connectivity index (χ0) is 13.7. The summed E-state index contributed by atoms with van der Waals surface area (Å²) in [6, 6.07) is 5.22. The minimum absolute atomic E-state index is 0.0489. The number of rotatable bonds is 6. The van der Waals surface area contributed by atoms with Crippen LogP contribution >= 0.6 is 0 Å². The summed E-state index contributed by atoms with van der Waals surface area (Å²) < 4.78 is 5.35. The van der Waals surface area contributed by atoms with Crippen LogP contribution in [0, 0.1) is 10.1 Å². The van der Waals surface area contributed by atoms with Gasteiger partial charge in [0.15, 0.2) is 0 Å². The number of nitrogens with one attached hydrogen (secondary N) is 2. The SMILES string of the molecule is CCOc1cc(NCC2CCCN2)cc([N+](=O)[O-])c1. The molecule has 2 rings (SSSR count). The van der Waals surface area contributed by atoms with Crippen molar-refractivity contribution in [2.75, 3.05) is 25.0 Å². The molecule has 0 spiro atoms. The molecule has 1 aromatic carbocycles. The number of benzene rings is 1. The second-order valence-corrected chi connectivity index (χ2v) is 4.58. The maximum absolute atomic E-state index is 10.9. The first kappa shape index (κ1) is 13.6. The van der Waals surface area contributed by atoms with Gasteiger partial charge in [-0.05, 0) is 26.3 Å². The third kappa shape index (κ3) is 3.82. The summed E-state index contributed by atoms with van der Waals surface area (Å²) in [6.45, 7) is 4.16. The van der Waals surface area contributed by atoms with Crippen LogP contribution in [0.15, 0.2) is 18.2 Å². The first-order valence-corrected chi connectivity index (χ1v) is 6.58. The second kappa shape index (κ2) is 6.38. The lowest BCUT2D eigenvalue weighted by molar-refractivity contribution is -0.384. The van der Waals surface area contributed by atoms with E-state index in [1.54, 1.807) is 6.07 Å². The minimum Gasteiger partial charge on any atom is -0.494 e. The van der Waals surface area contributed by atoms with E-state index < -0.39 is 4.92 Å². The van der Waals surface area contributed by atoms with Gasteiger partial charge in [0.05, 0.1) is 17.6 Å². The number of hydrogen-bond acceptors (Lipinski definition) is 5. The zero-order valence-electron chi connectivity index (χ0n) is 11.0. The molecule has 0 radical (unpaired) electrons. The number of nitro groups is 1. The molecule has 1 fully saturated rings. The Labute approximate surface area is 112 Å². The third-order valence-electron chi connectivity index (χ3n) is 3.13. The monoisotopic (exact) mass is 265 g/mol. The summed E-state index contributed by atoms with van der Waals surface area (Å²) in [4.78, 5) is 10.5. The van der Waals surface area contributed by atoms with Gasteiger partial charge in [0.1, 0.15) is 5.75 Å². The Hall–Kier alpha value is -1.82. The van der Waals surface area contributed by atoms with Crippen LogP contribution in [0.3, 0.4) is 0 Å². The fourth-order valence-corrected chi connectivity index (χ4v) is 2.21. The number of anilines is 1. The van der Waals surface area contributed by atoms with Crippen molar-refractivity contribution in [3.8, 4) is 5.75 Å². The largest absolute Gasteiger partial charge is 0.494 e. The van der Waals surface area contributed by atoms with Gasteiger partial charge in [0.25, 0.3) is 5.69 Å². The Morgan fingerprint density at radius 3 is 3.00 bits per heavy atom. The van der Waals surface area contributed by atoms with E-state index >= 15 is 0 Å². The molecule has 1 atom stereocenters. The third-order valence-corrected chi connectivity index (χ3v) is 3.13. The topological polar surface area (TPSA) is 76.4 Å². The average molecular weight is 265 g/mol.